The number of nitrogens with one attached hydrogen (secondary N) is 1. The van der Waals surface area contributed by atoms with Crippen molar-refractivity contribution in [3.05, 3.63) is 87.4 Å². The number of sulfonamides is 1. The maximum Gasteiger partial charge on any atom is 0.416 e. The van der Waals surface area contributed by atoms with E-state index in [4.69, 9.17) is 34.8 Å². The maximum atomic E-state index is 13.3. The van der Waals surface area contributed by atoms with E-state index in [-0.39, 0.29) is 31.3 Å². The van der Waals surface area contributed by atoms with Crippen LogP contribution >= 0.6 is 34.8 Å². The molecule has 1 N–H and O–H groups in total. The fourth-order valence-electron chi connectivity index (χ4n) is 2.82. The Kier molecular flexibility index (Phi) is 7.48. The van der Waals surface area contributed by atoms with Crippen LogP contribution in [-0.4, -0.2) is 20.9 Å². The highest BCUT2D eigenvalue weighted by molar-refractivity contribution is 7.92. The quantitative estimate of drug-likeness (QED) is 0.390. The number of alkyl halides is 3. The third kappa shape index (κ3) is 5.73. The number of anilines is 2. The average Bonchev–Trinajstić information content (AvgIpc) is 2.75. The molecule has 0 heterocycles. The van der Waals surface area contributed by atoms with Crippen LogP contribution in [-0.2, 0) is 21.0 Å². The molecule has 5 nitrogen and oxygen atoms in total. The van der Waals surface area contributed by atoms with Gasteiger partial charge in [0, 0.05) is 0 Å². The molecule has 3 rings (SSSR count). The Morgan fingerprint density at radius 3 is 2.21 bits per heavy atom. The van der Waals surface area contributed by atoms with Gasteiger partial charge in [-0.15, -0.1) is 0 Å². The largest absolute Gasteiger partial charge is 0.416 e. The standard InChI is InChI=1S/C21H14Cl3F3N2O3S/c22-15-10-9-13(21(25,26)27)11-17(15)28-19(30)12-29(18-8-4-7-16(23)20(18)24)33(31,32)14-5-2-1-3-6-14/h1-11H,12H2,(H,28,30). The van der Waals surface area contributed by atoms with Crippen molar-refractivity contribution in [2.75, 3.05) is 16.2 Å². The van der Waals surface area contributed by atoms with Crippen molar-refractivity contribution in [2.24, 2.45) is 0 Å². The molecule has 174 valence electrons. The van der Waals surface area contributed by atoms with E-state index >= 15 is 0 Å². The first-order valence-corrected chi connectivity index (χ1v) is 11.7. The van der Waals surface area contributed by atoms with Crippen LogP contribution in [0.15, 0.2) is 71.6 Å². The fraction of sp³-hybridized carbons (Fsp3) is 0.0952. The smallest absolute Gasteiger partial charge is 0.323 e. The molecule has 0 radical (unpaired) electrons. The van der Waals surface area contributed by atoms with E-state index in [9.17, 15) is 26.4 Å². The van der Waals surface area contributed by atoms with Crippen LogP contribution in [0.25, 0.3) is 0 Å². The number of hydrogen-bond donors (Lipinski definition) is 1. The lowest BCUT2D eigenvalue weighted by atomic mass is 10.2. The van der Waals surface area contributed by atoms with Gasteiger partial charge in [0.1, 0.15) is 6.54 Å². The van der Waals surface area contributed by atoms with Crippen molar-refractivity contribution in [3.63, 3.8) is 0 Å². The van der Waals surface area contributed by atoms with Crippen LogP contribution in [0.1, 0.15) is 5.56 Å². The fourth-order valence-corrected chi connectivity index (χ4v) is 4.89. The molecule has 0 spiro atoms. The zero-order valence-electron chi connectivity index (χ0n) is 16.4. The Hall–Kier alpha value is -2.46. The first-order chi connectivity index (χ1) is 15.4. The zero-order valence-corrected chi connectivity index (χ0v) is 19.5. The minimum atomic E-state index is -4.67. The average molecular weight is 538 g/mol. The number of nitrogens with zero attached hydrogens (tertiary/aromatic N) is 1. The molecule has 0 saturated carbocycles. The highest BCUT2D eigenvalue weighted by atomic mass is 35.5. The molecule has 3 aromatic carbocycles. The Morgan fingerprint density at radius 2 is 1.58 bits per heavy atom. The second-order valence-electron chi connectivity index (χ2n) is 6.64. The van der Waals surface area contributed by atoms with E-state index in [1.165, 1.54) is 42.5 Å². The summed E-state index contributed by atoms with van der Waals surface area (Å²) in [6.45, 7) is -0.816. The summed E-state index contributed by atoms with van der Waals surface area (Å²) in [4.78, 5) is 12.6. The van der Waals surface area contributed by atoms with E-state index in [1.807, 2.05) is 0 Å². The van der Waals surface area contributed by atoms with Crippen molar-refractivity contribution < 1.29 is 26.4 Å². The van der Waals surface area contributed by atoms with Crippen molar-refractivity contribution >= 4 is 62.1 Å². The molecule has 12 heteroatoms. The number of carbonyl (C=O) groups is 1. The minimum Gasteiger partial charge on any atom is -0.323 e. The maximum absolute atomic E-state index is 13.3. The molecule has 1 amide bonds. The molecular weight excluding hydrogens is 524 g/mol. The Balaban J connectivity index is 2.00. The van der Waals surface area contributed by atoms with Gasteiger partial charge in [0.2, 0.25) is 5.91 Å². The molecule has 0 aliphatic carbocycles. The van der Waals surface area contributed by atoms with Gasteiger partial charge in [-0.05, 0) is 42.5 Å². The number of carbonyl (C=O) groups excluding carboxylic acids is 1. The molecule has 0 aromatic heterocycles. The van der Waals surface area contributed by atoms with Crippen molar-refractivity contribution in [1.82, 2.24) is 0 Å². The van der Waals surface area contributed by atoms with Gasteiger partial charge in [0.05, 0.1) is 36.9 Å². The van der Waals surface area contributed by atoms with E-state index in [0.29, 0.717) is 10.4 Å². The normalized spacial score (nSPS) is 11.8. The van der Waals surface area contributed by atoms with Crippen molar-refractivity contribution in [3.8, 4) is 0 Å². The van der Waals surface area contributed by atoms with E-state index in [0.717, 1.165) is 12.1 Å². The summed E-state index contributed by atoms with van der Waals surface area (Å²) < 4.78 is 66.4. The van der Waals surface area contributed by atoms with Gasteiger partial charge >= 0.3 is 6.18 Å². The topological polar surface area (TPSA) is 66.5 Å². The molecule has 0 aliphatic heterocycles. The molecular formula is C21H14Cl3F3N2O3S. The van der Waals surface area contributed by atoms with E-state index in [2.05, 4.69) is 5.32 Å². The van der Waals surface area contributed by atoms with Gasteiger partial charge in [-0.25, -0.2) is 8.42 Å². The van der Waals surface area contributed by atoms with E-state index in [1.54, 1.807) is 6.07 Å². The highest BCUT2D eigenvalue weighted by Gasteiger charge is 2.32. The molecule has 0 unspecified atom stereocenters. The van der Waals surface area contributed by atoms with E-state index < -0.39 is 34.2 Å². The number of benzene rings is 3. The predicted molar refractivity (Wildman–Crippen MR) is 123 cm³/mol. The lowest BCUT2D eigenvalue weighted by molar-refractivity contribution is -0.137. The molecule has 0 atom stereocenters. The lowest BCUT2D eigenvalue weighted by Gasteiger charge is -2.25. The van der Waals surface area contributed by atoms with Crippen molar-refractivity contribution in [2.45, 2.75) is 11.1 Å². The summed E-state index contributed by atoms with van der Waals surface area (Å²) in [6, 6.07) is 13.9. The Morgan fingerprint density at radius 1 is 0.909 bits per heavy atom. The Bertz CT molecular complexity index is 1290. The molecule has 0 fully saturated rings. The molecule has 3 aromatic rings. The van der Waals surface area contributed by atoms with Gasteiger partial charge in [-0.1, -0.05) is 59.1 Å². The number of rotatable bonds is 6. The third-order valence-electron chi connectivity index (χ3n) is 4.39. The van der Waals surface area contributed by atoms with Gasteiger partial charge in [-0.2, -0.15) is 13.2 Å². The summed E-state index contributed by atoms with van der Waals surface area (Å²) in [5.74, 6) is -0.952. The second-order valence-corrected chi connectivity index (χ2v) is 9.69. The Labute approximate surface area is 202 Å². The highest BCUT2D eigenvalue weighted by Crippen LogP contribution is 2.36. The van der Waals surface area contributed by atoms with Gasteiger partial charge in [0.25, 0.3) is 10.0 Å². The molecule has 0 bridgehead atoms. The number of halogens is 6. The molecule has 0 aliphatic rings. The van der Waals surface area contributed by atoms with Crippen molar-refractivity contribution in [1.29, 1.82) is 0 Å². The van der Waals surface area contributed by atoms with Crippen LogP contribution in [0.2, 0.25) is 15.1 Å². The van der Waals surface area contributed by atoms with Crippen LogP contribution in [0.4, 0.5) is 24.5 Å². The molecule has 0 saturated heterocycles. The van der Waals surface area contributed by atoms with Crippen LogP contribution < -0.4 is 9.62 Å². The third-order valence-corrected chi connectivity index (χ3v) is 7.30. The van der Waals surface area contributed by atoms with Crippen LogP contribution in [0, 0.1) is 0 Å². The SMILES string of the molecule is O=C(CN(c1cccc(Cl)c1Cl)S(=O)(=O)c1ccccc1)Nc1cc(C(F)(F)F)ccc1Cl. The lowest BCUT2D eigenvalue weighted by Crippen LogP contribution is -2.38. The predicted octanol–water partition coefficient (Wildman–Crippen LogP) is 6.50. The summed E-state index contributed by atoms with van der Waals surface area (Å²) in [5, 5.41) is 1.99. The monoisotopic (exact) mass is 536 g/mol. The summed E-state index contributed by atoms with van der Waals surface area (Å²) in [5.41, 5.74) is -1.45. The number of amides is 1. The minimum absolute atomic E-state index is 0.0451. The summed E-state index contributed by atoms with van der Waals surface area (Å²) >= 11 is 18.2. The van der Waals surface area contributed by atoms with Crippen LogP contribution in [0.5, 0.6) is 0 Å². The van der Waals surface area contributed by atoms with Gasteiger partial charge < -0.3 is 5.32 Å². The number of hydrogen-bond acceptors (Lipinski definition) is 3. The summed E-state index contributed by atoms with van der Waals surface area (Å²) in [6.07, 6.45) is -4.67. The zero-order chi connectivity index (χ0) is 24.4. The molecule has 33 heavy (non-hydrogen) atoms. The first-order valence-electron chi connectivity index (χ1n) is 9.09. The first kappa shape index (κ1) is 25.2. The summed E-state index contributed by atoms with van der Waals surface area (Å²) in [7, 11) is -4.31. The van der Waals surface area contributed by atoms with Crippen LogP contribution in [0.3, 0.4) is 0 Å². The van der Waals surface area contributed by atoms with Gasteiger partial charge in [0.15, 0.2) is 0 Å². The van der Waals surface area contributed by atoms with Gasteiger partial charge in [-0.3, -0.25) is 9.10 Å². The second kappa shape index (κ2) is 9.80.